The summed E-state index contributed by atoms with van der Waals surface area (Å²) in [7, 11) is 1.65. The smallest absolute Gasteiger partial charge is 0.221 e. The third kappa shape index (κ3) is 4.82. The Morgan fingerprint density at radius 1 is 1.27 bits per heavy atom. The summed E-state index contributed by atoms with van der Waals surface area (Å²) in [6, 6.07) is 10.0. The number of anilines is 1. The number of methoxy groups -OCH3 is 1. The number of H-pyrrole nitrogens is 1. The number of ether oxygens (including phenoxy) is 2. The number of carbonyl (C=O) groups is 2. The number of hydrogen-bond acceptors (Lipinski definition) is 4. The largest absolute Gasteiger partial charge is 0.493 e. The molecule has 2 aromatic carbocycles. The molecule has 0 fully saturated rings. The Balaban J connectivity index is 1.54. The predicted octanol–water partition coefficient (Wildman–Crippen LogP) is 4.61. The number of fused-ring (bicyclic) bond motifs is 2. The van der Waals surface area contributed by atoms with Crippen LogP contribution in [0.2, 0.25) is 0 Å². The number of nitrogens with one attached hydrogen (secondary N) is 2. The van der Waals surface area contributed by atoms with E-state index in [1.165, 1.54) is 18.1 Å². The molecule has 1 atom stereocenters. The second kappa shape index (κ2) is 9.98. The lowest BCUT2D eigenvalue weighted by molar-refractivity contribution is -0.121. The number of hydrogen-bond donors (Lipinski definition) is 2. The van der Waals surface area contributed by atoms with Gasteiger partial charge in [0.15, 0.2) is 11.5 Å². The molecule has 0 radical (unpaired) electrons. The van der Waals surface area contributed by atoms with Gasteiger partial charge in [0.05, 0.1) is 19.8 Å². The van der Waals surface area contributed by atoms with Crippen LogP contribution in [0.25, 0.3) is 10.9 Å². The molecule has 2 amide bonds. The summed E-state index contributed by atoms with van der Waals surface area (Å²) in [6.07, 6.45) is 6.44. The van der Waals surface area contributed by atoms with Gasteiger partial charge >= 0.3 is 0 Å². The molecule has 0 aliphatic carbocycles. The van der Waals surface area contributed by atoms with Gasteiger partial charge in [0, 0.05) is 36.3 Å². The molecule has 2 heterocycles. The zero-order chi connectivity index (χ0) is 23.4. The van der Waals surface area contributed by atoms with E-state index in [0.29, 0.717) is 13.2 Å². The fourth-order valence-corrected chi connectivity index (χ4v) is 4.76. The number of nitrogens with zero attached hydrogens (tertiary/aromatic N) is 1. The number of aromatic nitrogens is 1. The third-order valence-corrected chi connectivity index (χ3v) is 6.27. The highest BCUT2D eigenvalue weighted by Gasteiger charge is 2.28. The highest BCUT2D eigenvalue weighted by Crippen LogP contribution is 2.40. The average Bonchev–Trinajstić information content (AvgIpc) is 3.20. The Morgan fingerprint density at radius 3 is 2.85 bits per heavy atom. The lowest BCUT2D eigenvalue weighted by Crippen LogP contribution is -2.34. The van der Waals surface area contributed by atoms with Crippen molar-refractivity contribution >= 4 is 28.9 Å². The second-order valence-electron chi connectivity index (χ2n) is 8.39. The quantitative estimate of drug-likeness (QED) is 0.467. The Labute approximate surface area is 194 Å². The van der Waals surface area contributed by atoms with Crippen molar-refractivity contribution in [2.75, 3.05) is 25.6 Å². The van der Waals surface area contributed by atoms with Gasteiger partial charge in [-0.15, -0.1) is 0 Å². The van der Waals surface area contributed by atoms with Gasteiger partial charge in [0.1, 0.15) is 0 Å². The van der Waals surface area contributed by atoms with E-state index in [4.69, 9.17) is 9.47 Å². The van der Waals surface area contributed by atoms with Crippen LogP contribution < -0.4 is 14.8 Å². The van der Waals surface area contributed by atoms with Crippen LogP contribution in [0, 0.1) is 0 Å². The summed E-state index contributed by atoms with van der Waals surface area (Å²) in [5.41, 5.74) is 5.40. The molecule has 1 aliphatic rings. The monoisotopic (exact) mass is 449 g/mol. The van der Waals surface area contributed by atoms with Crippen LogP contribution in [-0.4, -0.2) is 42.5 Å². The molecule has 1 aromatic heterocycles. The molecule has 0 saturated carbocycles. The van der Waals surface area contributed by atoms with Crippen molar-refractivity contribution in [3.8, 4) is 11.5 Å². The van der Waals surface area contributed by atoms with E-state index >= 15 is 0 Å². The molecule has 3 aromatic rings. The standard InChI is InChI=1S/C26H31N3O4/c1-4-33-26-14-22-18(12-25(26)32-3)10-11-29(16-30)24(22)7-5-6-19-15-27-23-9-8-20(13-21(19)23)28-17(2)31/h8-9,12-16,24,27H,4-7,10-11H2,1-3H3,(H,28,31)/t24-/m0/s1. The Kier molecular flexibility index (Phi) is 6.87. The third-order valence-electron chi connectivity index (χ3n) is 6.27. The first-order valence-electron chi connectivity index (χ1n) is 11.5. The molecule has 4 rings (SSSR count). The fourth-order valence-electron chi connectivity index (χ4n) is 4.76. The number of rotatable bonds is 9. The maximum Gasteiger partial charge on any atom is 0.221 e. The summed E-state index contributed by atoms with van der Waals surface area (Å²) in [5, 5.41) is 3.96. The Hall–Kier alpha value is -3.48. The molecular weight excluding hydrogens is 418 g/mol. The van der Waals surface area contributed by atoms with E-state index < -0.39 is 0 Å². The molecule has 0 bridgehead atoms. The molecule has 33 heavy (non-hydrogen) atoms. The van der Waals surface area contributed by atoms with Gasteiger partial charge in [-0.1, -0.05) is 0 Å². The van der Waals surface area contributed by atoms with E-state index in [1.807, 2.05) is 42.3 Å². The zero-order valence-corrected chi connectivity index (χ0v) is 19.4. The van der Waals surface area contributed by atoms with E-state index in [9.17, 15) is 9.59 Å². The summed E-state index contributed by atoms with van der Waals surface area (Å²) >= 11 is 0. The van der Waals surface area contributed by atoms with E-state index in [1.54, 1.807) is 7.11 Å². The summed E-state index contributed by atoms with van der Waals surface area (Å²) in [5.74, 6) is 1.38. The van der Waals surface area contributed by atoms with Crippen LogP contribution in [0.15, 0.2) is 36.5 Å². The summed E-state index contributed by atoms with van der Waals surface area (Å²) < 4.78 is 11.3. The number of carbonyl (C=O) groups excluding carboxylic acids is 2. The first-order valence-corrected chi connectivity index (χ1v) is 11.5. The number of amides is 2. The van der Waals surface area contributed by atoms with Gasteiger partial charge in [-0.05, 0) is 79.6 Å². The molecule has 1 aliphatic heterocycles. The van der Waals surface area contributed by atoms with Crippen LogP contribution in [-0.2, 0) is 22.4 Å². The van der Waals surface area contributed by atoms with E-state index in [0.717, 1.165) is 65.7 Å². The number of aromatic amines is 1. The molecular formula is C26H31N3O4. The fraction of sp³-hybridized carbons (Fsp3) is 0.385. The molecule has 0 spiro atoms. The minimum Gasteiger partial charge on any atom is -0.493 e. The predicted molar refractivity (Wildman–Crippen MR) is 129 cm³/mol. The van der Waals surface area contributed by atoms with Crippen molar-refractivity contribution in [3.63, 3.8) is 0 Å². The first-order chi connectivity index (χ1) is 16.0. The average molecular weight is 450 g/mol. The van der Waals surface area contributed by atoms with Gasteiger partial charge in [-0.25, -0.2) is 0 Å². The van der Waals surface area contributed by atoms with Crippen molar-refractivity contribution in [3.05, 3.63) is 53.2 Å². The molecule has 2 N–H and O–H groups in total. The molecule has 7 nitrogen and oxygen atoms in total. The summed E-state index contributed by atoms with van der Waals surface area (Å²) in [6.45, 7) is 4.71. The molecule has 0 saturated heterocycles. The van der Waals surface area contributed by atoms with Crippen LogP contribution in [0.5, 0.6) is 11.5 Å². The minimum atomic E-state index is -0.0839. The first kappa shape index (κ1) is 22.7. The highest BCUT2D eigenvalue weighted by atomic mass is 16.5. The normalized spacial score (nSPS) is 15.2. The molecule has 7 heteroatoms. The minimum absolute atomic E-state index is 0.0107. The van der Waals surface area contributed by atoms with Crippen LogP contribution in [0.1, 0.15) is 49.4 Å². The van der Waals surface area contributed by atoms with Gasteiger partial charge < -0.3 is 24.7 Å². The van der Waals surface area contributed by atoms with E-state index in [-0.39, 0.29) is 11.9 Å². The lowest BCUT2D eigenvalue weighted by atomic mass is 9.89. The van der Waals surface area contributed by atoms with Crippen molar-refractivity contribution in [2.24, 2.45) is 0 Å². The maximum absolute atomic E-state index is 11.8. The van der Waals surface area contributed by atoms with Crippen molar-refractivity contribution in [1.82, 2.24) is 9.88 Å². The van der Waals surface area contributed by atoms with E-state index in [2.05, 4.69) is 16.4 Å². The maximum atomic E-state index is 11.8. The molecule has 0 unspecified atom stereocenters. The zero-order valence-electron chi connectivity index (χ0n) is 19.4. The van der Waals surface area contributed by atoms with Crippen LogP contribution >= 0.6 is 0 Å². The number of aryl methyl sites for hydroxylation is 1. The Bertz CT molecular complexity index is 1150. The van der Waals surface area contributed by atoms with Gasteiger partial charge in [-0.3, -0.25) is 9.59 Å². The van der Waals surface area contributed by atoms with Crippen LogP contribution in [0.3, 0.4) is 0 Å². The van der Waals surface area contributed by atoms with Gasteiger partial charge in [0.25, 0.3) is 0 Å². The lowest BCUT2D eigenvalue weighted by Gasteiger charge is -2.35. The van der Waals surface area contributed by atoms with Crippen molar-refractivity contribution in [1.29, 1.82) is 0 Å². The summed E-state index contributed by atoms with van der Waals surface area (Å²) in [4.78, 5) is 28.5. The van der Waals surface area contributed by atoms with Gasteiger partial charge in [0.2, 0.25) is 12.3 Å². The second-order valence-corrected chi connectivity index (χ2v) is 8.39. The Morgan fingerprint density at radius 2 is 2.12 bits per heavy atom. The highest BCUT2D eigenvalue weighted by molar-refractivity contribution is 5.93. The van der Waals surface area contributed by atoms with Crippen molar-refractivity contribution < 1.29 is 19.1 Å². The van der Waals surface area contributed by atoms with Gasteiger partial charge in [-0.2, -0.15) is 0 Å². The SMILES string of the molecule is CCOc1cc2c(cc1OC)CCN(C=O)[C@H]2CCCc1c[nH]c2ccc(NC(C)=O)cc12. The van der Waals surface area contributed by atoms with Crippen molar-refractivity contribution in [2.45, 2.75) is 45.6 Å². The molecule has 174 valence electrons. The number of benzene rings is 2. The topological polar surface area (TPSA) is 83.7 Å². The van der Waals surface area contributed by atoms with Crippen LogP contribution in [0.4, 0.5) is 5.69 Å².